The molecule has 0 atom stereocenters. The van der Waals surface area contributed by atoms with Crippen molar-refractivity contribution in [2.45, 2.75) is 0 Å². The molecule has 0 aliphatic carbocycles. The highest BCUT2D eigenvalue weighted by molar-refractivity contribution is 6.34. The molecule has 3 N–H and O–H groups in total. The highest BCUT2D eigenvalue weighted by Crippen LogP contribution is 2.31. The topological polar surface area (TPSA) is 104 Å². The molecule has 1 aromatic heterocycles. The van der Waals surface area contributed by atoms with Crippen LogP contribution in [0.2, 0.25) is 5.02 Å². The molecule has 20 heavy (non-hydrogen) atoms. The summed E-state index contributed by atoms with van der Waals surface area (Å²) in [5.74, 6) is -1.52. The molecular formula is C12H10ClN3O4. The standard InChI is InChI=1S/C12H10ClN3O4/c1-20-10-3-8(7(13)2-6(10)12(18)19)16-11(17)9-4-14-5-15-9/h2-5H,1H3,(H,14,15)(H,16,17)(H,18,19). The number of carboxylic acids is 1. The molecule has 0 saturated heterocycles. The summed E-state index contributed by atoms with van der Waals surface area (Å²) >= 11 is 5.95. The molecule has 2 rings (SSSR count). The predicted octanol–water partition coefficient (Wildman–Crippen LogP) is 2.02. The van der Waals surface area contributed by atoms with Crippen LogP contribution in [0, 0.1) is 0 Å². The van der Waals surface area contributed by atoms with Crippen LogP contribution in [0.4, 0.5) is 5.69 Å². The van der Waals surface area contributed by atoms with E-state index >= 15 is 0 Å². The van der Waals surface area contributed by atoms with Gasteiger partial charge in [-0.1, -0.05) is 11.6 Å². The Bertz CT molecular complexity index is 655. The fourth-order valence-corrected chi connectivity index (χ4v) is 1.77. The van der Waals surface area contributed by atoms with Crippen LogP contribution in [0.1, 0.15) is 20.8 Å². The quantitative estimate of drug-likeness (QED) is 0.800. The van der Waals surface area contributed by atoms with Crippen molar-refractivity contribution in [2.24, 2.45) is 0 Å². The van der Waals surface area contributed by atoms with Gasteiger partial charge in [-0.25, -0.2) is 9.78 Å². The zero-order valence-electron chi connectivity index (χ0n) is 10.3. The average molecular weight is 296 g/mol. The Kier molecular flexibility index (Phi) is 3.90. The largest absolute Gasteiger partial charge is 0.496 e. The number of benzene rings is 1. The van der Waals surface area contributed by atoms with Crippen molar-refractivity contribution < 1.29 is 19.4 Å². The number of carbonyl (C=O) groups excluding carboxylic acids is 1. The van der Waals surface area contributed by atoms with Crippen LogP contribution >= 0.6 is 11.6 Å². The smallest absolute Gasteiger partial charge is 0.339 e. The van der Waals surface area contributed by atoms with Crippen LogP contribution < -0.4 is 10.1 Å². The zero-order chi connectivity index (χ0) is 14.7. The molecule has 0 aliphatic heterocycles. The van der Waals surface area contributed by atoms with Gasteiger partial charge in [0.25, 0.3) is 5.91 Å². The van der Waals surface area contributed by atoms with Crippen LogP contribution in [0.3, 0.4) is 0 Å². The minimum atomic E-state index is -1.17. The van der Waals surface area contributed by atoms with Gasteiger partial charge in [-0.2, -0.15) is 0 Å². The number of anilines is 1. The SMILES string of the molecule is COc1cc(NC(=O)c2cnc[nH]2)c(Cl)cc1C(=O)O. The Balaban J connectivity index is 2.33. The Morgan fingerprint density at radius 3 is 2.75 bits per heavy atom. The number of methoxy groups -OCH3 is 1. The molecule has 0 saturated carbocycles. The third-order valence-corrected chi connectivity index (χ3v) is 2.82. The number of imidazole rings is 1. The van der Waals surface area contributed by atoms with E-state index in [0.29, 0.717) is 0 Å². The second kappa shape index (κ2) is 5.62. The van der Waals surface area contributed by atoms with Gasteiger partial charge in [0, 0.05) is 6.07 Å². The fraction of sp³-hybridized carbons (Fsp3) is 0.0833. The van der Waals surface area contributed by atoms with Crippen molar-refractivity contribution >= 4 is 29.2 Å². The van der Waals surface area contributed by atoms with Gasteiger partial charge in [0.2, 0.25) is 0 Å². The molecule has 0 radical (unpaired) electrons. The first kappa shape index (κ1) is 13.9. The summed E-state index contributed by atoms with van der Waals surface area (Å²) in [6.07, 6.45) is 2.72. The van der Waals surface area contributed by atoms with Crippen molar-refractivity contribution in [3.05, 3.63) is 40.9 Å². The Morgan fingerprint density at radius 1 is 1.45 bits per heavy atom. The van der Waals surface area contributed by atoms with Crippen LogP contribution in [0.5, 0.6) is 5.75 Å². The number of hydrogen-bond acceptors (Lipinski definition) is 4. The molecule has 0 fully saturated rings. The summed E-state index contributed by atoms with van der Waals surface area (Å²) in [6, 6.07) is 2.56. The lowest BCUT2D eigenvalue weighted by Gasteiger charge is -2.11. The highest BCUT2D eigenvalue weighted by Gasteiger charge is 2.17. The summed E-state index contributed by atoms with van der Waals surface area (Å²) in [5.41, 5.74) is 0.410. The first-order chi connectivity index (χ1) is 9.52. The van der Waals surface area contributed by atoms with Crippen molar-refractivity contribution in [3.8, 4) is 5.75 Å². The number of aromatic nitrogens is 2. The van der Waals surface area contributed by atoms with Gasteiger partial charge in [-0.05, 0) is 6.07 Å². The monoisotopic (exact) mass is 295 g/mol. The molecule has 2 aromatic rings. The van der Waals surface area contributed by atoms with Gasteiger partial charge in [0.1, 0.15) is 17.0 Å². The number of carbonyl (C=O) groups is 2. The number of aromatic carboxylic acids is 1. The normalized spacial score (nSPS) is 10.1. The van der Waals surface area contributed by atoms with Gasteiger partial charge in [0.15, 0.2) is 0 Å². The van der Waals surface area contributed by atoms with Crippen LogP contribution in [-0.2, 0) is 0 Å². The number of carboxylic acid groups (broad SMARTS) is 1. The van der Waals surface area contributed by atoms with E-state index in [-0.39, 0.29) is 27.7 Å². The molecule has 104 valence electrons. The summed E-state index contributed by atoms with van der Waals surface area (Å²) in [4.78, 5) is 29.2. The minimum absolute atomic E-state index is 0.0861. The second-order valence-corrected chi connectivity index (χ2v) is 4.16. The molecule has 1 heterocycles. The average Bonchev–Trinajstić information content (AvgIpc) is 2.94. The van der Waals surface area contributed by atoms with E-state index in [4.69, 9.17) is 21.4 Å². The van der Waals surface area contributed by atoms with E-state index in [2.05, 4.69) is 15.3 Å². The van der Waals surface area contributed by atoms with E-state index < -0.39 is 11.9 Å². The molecule has 0 spiro atoms. The Hall–Kier alpha value is -2.54. The van der Waals surface area contributed by atoms with E-state index in [1.54, 1.807) is 0 Å². The van der Waals surface area contributed by atoms with Gasteiger partial charge in [0.05, 0.1) is 30.3 Å². The van der Waals surface area contributed by atoms with Crippen molar-refractivity contribution in [3.63, 3.8) is 0 Å². The molecule has 0 bridgehead atoms. The maximum Gasteiger partial charge on any atom is 0.339 e. The number of halogens is 1. The second-order valence-electron chi connectivity index (χ2n) is 3.76. The third kappa shape index (κ3) is 2.72. The summed E-state index contributed by atoms with van der Waals surface area (Å²) in [7, 11) is 1.33. The van der Waals surface area contributed by atoms with Crippen molar-refractivity contribution in [2.75, 3.05) is 12.4 Å². The number of rotatable bonds is 4. The Morgan fingerprint density at radius 2 is 2.20 bits per heavy atom. The number of nitrogens with one attached hydrogen (secondary N) is 2. The lowest BCUT2D eigenvalue weighted by atomic mass is 10.1. The number of hydrogen-bond donors (Lipinski definition) is 3. The minimum Gasteiger partial charge on any atom is -0.496 e. The first-order valence-electron chi connectivity index (χ1n) is 5.43. The van der Waals surface area contributed by atoms with Gasteiger partial charge in [-0.15, -0.1) is 0 Å². The third-order valence-electron chi connectivity index (χ3n) is 2.51. The van der Waals surface area contributed by atoms with Crippen LogP contribution in [-0.4, -0.2) is 34.1 Å². The molecule has 0 aliphatic rings. The van der Waals surface area contributed by atoms with Crippen LogP contribution in [0.25, 0.3) is 0 Å². The molecule has 7 nitrogen and oxygen atoms in total. The zero-order valence-corrected chi connectivity index (χ0v) is 11.1. The lowest BCUT2D eigenvalue weighted by molar-refractivity contribution is 0.0693. The van der Waals surface area contributed by atoms with Crippen LogP contribution in [0.15, 0.2) is 24.7 Å². The van der Waals surface area contributed by atoms with Crippen molar-refractivity contribution in [1.82, 2.24) is 9.97 Å². The molecule has 1 amide bonds. The number of aromatic amines is 1. The molecular weight excluding hydrogens is 286 g/mol. The molecule has 0 unspecified atom stereocenters. The van der Waals surface area contributed by atoms with Gasteiger partial charge >= 0.3 is 5.97 Å². The van der Waals surface area contributed by atoms with E-state index in [1.165, 1.54) is 31.8 Å². The van der Waals surface area contributed by atoms with E-state index in [9.17, 15) is 9.59 Å². The maximum absolute atomic E-state index is 11.8. The van der Waals surface area contributed by atoms with Crippen molar-refractivity contribution in [1.29, 1.82) is 0 Å². The molecule has 8 heteroatoms. The number of H-pyrrole nitrogens is 1. The summed E-state index contributed by atoms with van der Waals surface area (Å²) < 4.78 is 4.96. The predicted molar refractivity (Wildman–Crippen MR) is 71.5 cm³/mol. The number of amides is 1. The lowest BCUT2D eigenvalue weighted by Crippen LogP contribution is -2.13. The van der Waals surface area contributed by atoms with Gasteiger partial charge < -0.3 is 20.1 Å². The van der Waals surface area contributed by atoms with Gasteiger partial charge in [-0.3, -0.25) is 4.79 Å². The number of nitrogens with zero attached hydrogens (tertiary/aromatic N) is 1. The first-order valence-corrected chi connectivity index (χ1v) is 5.81. The fourth-order valence-electron chi connectivity index (χ4n) is 1.55. The summed E-state index contributed by atoms with van der Waals surface area (Å²) in [6.45, 7) is 0. The van der Waals surface area contributed by atoms with E-state index in [1.807, 2.05) is 0 Å². The van der Waals surface area contributed by atoms with E-state index in [0.717, 1.165) is 0 Å². The Labute approximate surface area is 118 Å². The maximum atomic E-state index is 11.8. The number of ether oxygens (including phenoxy) is 1. The highest BCUT2D eigenvalue weighted by atomic mass is 35.5. The summed E-state index contributed by atoms with van der Waals surface area (Å²) in [5, 5.41) is 11.6. The molecule has 1 aromatic carbocycles.